The van der Waals surface area contributed by atoms with Gasteiger partial charge in [0.05, 0.1) is 0 Å². The predicted molar refractivity (Wildman–Crippen MR) is 104 cm³/mol. The fraction of sp³-hybridized carbons (Fsp3) is 0.381. The first-order valence-electron chi connectivity index (χ1n) is 9.18. The molecule has 0 saturated carbocycles. The molecule has 0 spiro atoms. The molecule has 5 nitrogen and oxygen atoms in total. The van der Waals surface area contributed by atoms with Gasteiger partial charge in [0.25, 0.3) is 5.91 Å². The molecule has 6 heteroatoms. The highest BCUT2D eigenvalue weighted by molar-refractivity contribution is 5.78. The largest absolute Gasteiger partial charge is 0.484 e. The standard InChI is InChI=1S/C21H26FN3O2/c1-15-12-25(21(26)14-27-20-5-3-4-19(23)10-20)16(2)11-24(15)13-17-6-8-18(22)9-7-17/h3-10,15-16H,11-14,23H2,1-2H3/t15-,16+/m1/s1. The lowest BCUT2D eigenvalue weighted by atomic mass is 10.1. The number of nitrogen functional groups attached to an aromatic ring is 1. The topological polar surface area (TPSA) is 58.8 Å². The molecule has 0 radical (unpaired) electrons. The smallest absolute Gasteiger partial charge is 0.260 e. The first kappa shape index (κ1) is 19.2. The molecule has 1 aliphatic rings. The van der Waals surface area contributed by atoms with Crippen molar-refractivity contribution >= 4 is 11.6 Å². The van der Waals surface area contributed by atoms with Crippen LogP contribution in [0.5, 0.6) is 5.75 Å². The summed E-state index contributed by atoms with van der Waals surface area (Å²) >= 11 is 0. The van der Waals surface area contributed by atoms with Crippen LogP contribution < -0.4 is 10.5 Å². The summed E-state index contributed by atoms with van der Waals surface area (Å²) < 4.78 is 18.7. The second-order valence-corrected chi connectivity index (χ2v) is 7.16. The SMILES string of the molecule is C[C@@H]1CN(C(=O)COc2cccc(N)c2)[C@@H](C)CN1Cc1ccc(F)cc1. The number of rotatable bonds is 5. The van der Waals surface area contributed by atoms with Gasteiger partial charge in [-0.1, -0.05) is 18.2 Å². The van der Waals surface area contributed by atoms with Gasteiger partial charge in [-0.2, -0.15) is 0 Å². The lowest BCUT2D eigenvalue weighted by Crippen LogP contribution is -2.58. The molecule has 2 aromatic rings. The maximum atomic E-state index is 13.1. The Hall–Kier alpha value is -2.60. The van der Waals surface area contributed by atoms with Crippen molar-refractivity contribution in [1.82, 2.24) is 9.80 Å². The van der Waals surface area contributed by atoms with Crippen molar-refractivity contribution in [2.24, 2.45) is 0 Å². The van der Waals surface area contributed by atoms with Crippen molar-refractivity contribution in [3.05, 3.63) is 59.9 Å². The summed E-state index contributed by atoms with van der Waals surface area (Å²) in [6.07, 6.45) is 0. The average Bonchev–Trinajstić information content (AvgIpc) is 2.64. The first-order chi connectivity index (χ1) is 12.9. The Morgan fingerprint density at radius 3 is 2.59 bits per heavy atom. The number of anilines is 1. The van der Waals surface area contributed by atoms with Crippen LogP contribution in [0.2, 0.25) is 0 Å². The molecule has 27 heavy (non-hydrogen) atoms. The number of carbonyl (C=O) groups excluding carboxylic acids is 1. The van der Waals surface area contributed by atoms with Gasteiger partial charge in [0.1, 0.15) is 11.6 Å². The highest BCUT2D eigenvalue weighted by atomic mass is 19.1. The Kier molecular flexibility index (Phi) is 5.96. The molecular formula is C21H26FN3O2. The Labute approximate surface area is 159 Å². The second-order valence-electron chi connectivity index (χ2n) is 7.16. The quantitative estimate of drug-likeness (QED) is 0.821. The third kappa shape index (κ3) is 4.98. The monoisotopic (exact) mass is 371 g/mol. The Balaban J connectivity index is 1.55. The summed E-state index contributed by atoms with van der Waals surface area (Å²) in [5, 5.41) is 0. The second kappa shape index (κ2) is 8.39. The van der Waals surface area contributed by atoms with Gasteiger partial charge in [-0.15, -0.1) is 0 Å². The number of halogens is 1. The number of nitrogens with zero attached hydrogens (tertiary/aromatic N) is 2. The van der Waals surface area contributed by atoms with E-state index in [1.54, 1.807) is 24.3 Å². The first-order valence-corrected chi connectivity index (χ1v) is 9.18. The average molecular weight is 371 g/mol. The molecule has 0 unspecified atom stereocenters. The van der Waals surface area contributed by atoms with Gasteiger partial charge in [-0.25, -0.2) is 4.39 Å². The van der Waals surface area contributed by atoms with Crippen molar-refractivity contribution in [2.75, 3.05) is 25.4 Å². The van der Waals surface area contributed by atoms with Gasteiger partial charge in [-0.05, 0) is 43.7 Å². The number of nitrogens with two attached hydrogens (primary N) is 1. The van der Waals surface area contributed by atoms with Gasteiger partial charge < -0.3 is 15.4 Å². The number of benzene rings is 2. The van der Waals surface area contributed by atoms with Crippen molar-refractivity contribution in [3.63, 3.8) is 0 Å². The molecule has 1 amide bonds. The molecular weight excluding hydrogens is 345 g/mol. The van der Waals surface area contributed by atoms with Crippen molar-refractivity contribution in [3.8, 4) is 5.75 Å². The summed E-state index contributed by atoms with van der Waals surface area (Å²) in [6, 6.07) is 13.9. The van der Waals surface area contributed by atoms with Crippen molar-refractivity contribution in [2.45, 2.75) is 32.5 Å². The number of ether oxygens (including phenoxy) is 1. The number of carbonyl (C=O) groups is 1. The zero-order valence-electron chi connectivity index (χ0n) is 15.8. The van der Waals surface area contributed by atoms with E-state index >= 15 is 0 Å². The highest BCUT2D eigenvalue weighted by Gasteiger charge is 2.32. The van der Waals surface area contributed by atoms with E-state index < -0.39 is 0 Å². The van der Waals surface area contributed by atoms with E-state index in [-0.39, 0.29) is 30.4 Å². The van der Waals surface area contributed by atoms with Crippen LogP contribution in [0.25, 0.3) is 0 Å². The fourth-order valence-electron chi connectivity index (χ4n) is 3.42. The van der Waals surface area contributed by atoms with Crippen LogP contribution in [0.3, 0.4) is 0 Å². The van der Waals surface area contributed by atoms with Gasteiger partial charge in [0.2, 0.25) is 0 Å². The zero-order valence-corrected chi connectivity index (χ0v) is 15.8. The number of amides is 1. The molecule has 3 rings (SSSR count). The maximum Gasteiger partial charge on any atom is 0.260 e. The zero-order chi connectivity index (χ0) is 19.4. The van der Waals surface area contributed by atoms with Crippen LogP contribution in [-0.4, -0.2) is 47.5 Å². The van der Waals surface area contributed by atoms with Gasteiger partial charge in [-0.3, -0.25) is 9.69 Å². The van der Waals surface area contributed by atoms with E-state index in [9.17, 15) is 9.18 Å². The van der Waals surface area contributed by atoms with E-state index in [2.05, 4.69) is 11.8 Å². The van der Waals surface area contributed by atoms with Crippen LogP contribution in [0.4, 0.5) is 10.1 Å². The molecule has 2 aromatic carbocycles. The van der Waals surface area contributed by atoms with Gasteiger partial charge >= 0.3 is 0 Å². The molecule has 0 bridgehead atoms. The summed E-state index contributed by atoms with van der Waals surface area (Å²) in [5.74, 6) is 0.341. The maximum absolute atomic E-state index is 13.1. The third-order valence-electron chi connectivity index (χ3n) is 4.95. The molecule has 1 heterocycles. The molecule has 1 aliphatic heterocycles. The van der Waals surface area contributed by atoms with E-state index in [0.29, 0.717) is 18.0 Å². The van der Waals surface area contributed by atoms with E-state index in [1.807, 2.05) is 24.0 Å². The minimum absolute atomic E-state index is 0.00151. The Morgan fingerprint density at radius 1 is 1.15 bits per heavy atom. The minimum atomic E-state index is -0.226. The van der Waals surface area contributed by atoms with Gasteiger partial charge in [0.15, 0.2) is 6.61 Å². The predicted octanol–water partition coefficient (Wildman–Crippen LogP) is 2.91. The van der Waals surface area contributed by atoms with Crippen LogP contribution in [0.1, 0.15) is 19.4 Å². The molecule has 0 aromatic heterocycles. The Morgan fingerprint density at radius 2 is 1.89 bits per heavy atom. The van der Waals surface area contributed by atoms with Crippen LogP contribution in [0.15, 0.2) is 48.5 Å². The van der Waals surface area contributed by atoms with Crippen LogP contribution in [0, 0.1) is 5.82 Å². The summed E-state index contributed by atoms with van der Waals surface area (Å²) in [5.41, 5.74) is 7.41. The molecule has 2 atom stereocenters. The molecule has 1 fully saturated rings. The van der Waals surface area contributed by atoms with E-state index in [1.165, 1.54) is 12.1 Å². The van der Waals surface area contributed by atoms with Crippen LogP contribution >= 0.6 is 0 Å². The fourth-order valence-corrected chi connectivity index (χ4v) is 3.42. The summed E-state index contributed by atoms with van der Waals surface area (Å²) in [4.78, 5) is 16.8. The lowest BCUT2D eigenvalue weighted by Gasteiger charge is -2.44. The summed E-state index contributed by atoms with van der Waals surface area (Å²) in [7, 11) is 0. The highest BCUT2D eigenvalue weighted by Crippen LogP contribution is 2.19. The molecule has 1 saturated heterocycles. The molecule has 2 N–H and O–H groups in total. The van der Waals surface area contributed by atoms with Crippen molar-refractivity contribution < 1.29 is 13.9 Å². The van der Waals surface area contributed by atoms with Crippen molar-refractivity contribution in [1.29, 1.82) is 0 Å². The van der Waals surface area contributed by atoms with Crippen LogP contribution in [-0.2, 0) is 11.3 Å². The number of hydrogen-bond donors (Lipinski definition) is 1. The number of hydrogen-bond acceptors (Lipinski definition) is 4. The number of piperazine rings is 1. The molecule has 0 aliphatic carbocycles. The minimum Gasteiger partial charge on any atom is -0.484 e. The van der Waals surface area contributed by atoms with E-state index in [4.69, 9.17) is 10.5 Å². The Bertz CT molecular complexity index is 781. The third-order valence-corrected chi connectivity index (χ3v) is 4.95. The molecule has 144 valence electrons. The van der Waals surface area contributed by atoms with Gasteiger partial charge in [0, 0.05) is 43.5 Å². The lowest BCUT2D eigenvalue weighted by molar-refractivity contribution is -0.139. The van der Waals surface area contributed by atoms with E-state index in [0.717, 1.165) is 18.7 Å². The normalized spacial score (nSPS) is 20.5. The summed E-state index contributed by atoms with van der Waals surface area (Å²) in [6.45, 7) is 6.30.